The number of rotatable bonds is 3. The number of hydrogen-bond acceptors (Lipinski definition) is 7. The van der Waals surface area contributed by atoms with E-state index >= 15 is 0 Å². The molecule has 0 aliphatic carbocycles. The van der Waals surface area contributed by atoms with Gasteiger partial charge in [0.25, 0.3) is 5.95 Å². The topological polar surface area (TPSA) is 96.9 Å². The molecule has 0 spiro atoms. The van der Waals surface area contributed by atoms with Gasteiger partial charge in [0.05, 0.1) is 16.4 Å². The van der Waals surface area contributed by atoms with Gasteiger partial charge in [-0.15, -0.1) is 16.4 Å². The van der Waals surface area contributed by atoms with E-state index in [1.807, 2.05) is 24.3 Å². The van der Waals surface area contributed by atoms with Crippen molar-refractivity contribution in [3.63, 3.8) is 0 Å². The number of H-pyrrole nitrogens is 1. The first kappa shape index (κ1) is 11.8. The van der Waals surface area contributed by atoms with Crippen LogP contribution in [0.2, 0.25) is 0 Å². The lowest BCUT2D eigenvalue weighted by atomic mass is 10.3. The van der Waals surface area contributed by atoms with Gasteiger partial charge in [-0.3, -0.25) is 0 Å². The summed E-state index contributed by atoms with van der Waals surface area (Å²) in [6.45, 7) is 0. The highest BCUT2D eigenvalue weighted by Gasteiger charge is 2.01. The Labute approximate surface area is 116 Å². The summed E-state index contributed by atoms with van der Waals surface area (Å²) >= 11 is 6.43. The Bertz CT molecular complexity index is 764. The highest BCUT2D eigenvalue weighted by atomic mass is 32.1. The van der Waals surface area contributed by atoms with Crippen molar-refractivity contribution in [2.24, 2.45) is 5.10 Å². The zero-order valence-corrected chi connectivity index (χ0v) is 11.2. The molecule has 1 aromatic carbocycles. The van der Waals surface area contributed by atoms with Crippen LogP contribution in [0.15, 0.2) is 29.4 Å². The van der Waals surface area contributed by atoms with Crippen molar-refractivity contribution in [1.29, 1.82) is 0 Å². The molecule has 0 aliphatic heterocycles. The molecule has 0 aliphatic rings. The molecule has 19 heavy (non-hydrogen) atoms. The molecule has 3 rings (SSSR count). The lowest BCUT2D eigenvalue weighted by Gasteiger charge is -1.96. The van der Waals surface area contributed by atoms with Crippen LogP contribution in [-0.2, 0) is 0 Å². The molecule has 0 saturated heterocycles. The van der Waals surface area contributed by atoms with Crippen LogP contribution >= 0.6 is 23.6 Å². The predicted octanol–water partition coefficient (Wildman–Crippen LogP) is 1.71. The van der Waals surface area contributed by atoms with Crippen molar-refractivity contribution < 1.29 is 0 Å². The number of hydrazone groups is 1. The first-order valence-corrected chi connectivity index (χ1v) is 6.53. The first-order chi connectivity index (χ1) is 9.24. The van der Waals surface area contributed by atoms with E-state index in [9.17, 15) is 0 Å². The third kappa shape index (κ3) is 2.33. The quantitative estimate of drug-likeness (QED) is 0.295. The molecule has 7 nitrogen and oxygen atoms in total. The third-order valence-electron chi connectivity index (χ3n) is 2.35. The van der Waals surface area contributed by atoms with Crippen molar-refractivity contribution in [1.82, 2.24) is 19.9 Å². The van der Waals surface area contributed by atoms with Crippen molar-refractivity contribution in [3.05, 3.63) is 34.0 Å². The second-order valence-electron chi connectivity index (χ2n) is 3.61. The summed E-state index contributed by atoms with van der Waals surface area (Å²) in [6.07, 6.45) is 1.61. The summed E-state index contributed by atoms with van der Waals surface area (Å²) in [6, 6.07) is 7.91. The average molecular weight is 291 g/mol. The van der Waals surface area contributed by atoms with Crippen molar-refractivity contribution >= 4 is 45.9 Å². The molecule has 4 N–H and O–H groups in total. The van der Waals surface area contributed by atoms with Gasteiger partial charge in [-0.2, -0.15) is 9.78 Å². The van der Waals surface area contributed by atoms with Crippen LogP contribution in [0.1, 0.15) is 5.01 Å². The highest BCUT2D eigenvalue weighted by molar-refractivity contribution is 7.71. The number of thiazole rings is 1. The number of fused-ring (bicyclic) bond motifs is 1. The maximum Gasteiger partial charge on any atom is 0.262 e. The summed E-state index contributed by atoms with van der Waals surface area (Å²) in [5.74, 6) is 5.95. The minimum absolute atomic E-state index is 0.317. The van der Waals surface area contributed by atoms with Gasteiger partial charge in [-0.25, -0.2) is 15.5 Å². The molecule has 2 heterocycles. The van der Waals surface area contributed by atoms with Gasteiger partial charge in [0.15, 0.2) is 0 Å². The predicted molar refractivity (Wildman–Crippen MR) is 78.4 cm³/mol. The summed E-state index contributed by atoms with van der Waals surface area (Å²) in [4.78, 5) is 4.41. The molecule has 0 fully saturated rings. The van der Waals surface area contributed by atoms with E-state index in [2.05, 4.69) is 25.7 Å². The molecule has 0 bridgehead atoms. The lowest BCUT2D eigenvalue weighted by Crippen LogP contribution is -2.11. The van der Waals surface area contributed by atoms with Crippen LogP contribution in [0, 0.1) is 4.77 Å². The van der Waals surface area contributed by atoms with Crippen LogP contribution in [0.5, 0.6) is 0 Å². The standard InChI is InChI=1S/C10H9N7S2/c11-17-9(15-16-10(17)18)14-12-5-8-13-6-3-1-2-4-7(6)19-8/h1-5H,11H2,(H,14,15)(H,16,18)/b12-5+. The lowest BCUT2D eigenvalue weighted by molar-refractivity contribution is 0.971. The van der Waals surface area contributed by atoms with E-state index in [1.165, 1.54) is 4.68 Å². The maximum absolute atomic E-state index is 5.61. The van der Waals surface area contributed by atoms with E-state index in [0.29, 0.717) is 10.7 Å². The minimum atomic E-state index is 0.317. The van der Waals surface area contributed by atoms with Crippen LogP contribution in [0.3, 0.4) is 0 Å². The molecule has 0 saturated carbocycles. The van der Waals surface area contributed by atoms with E-state index < -0.39 is 0 Å². The number of anilines is 1. The van der Waals surface area contributed by atoms with Crippen LogP contribution in [-0.4, -0.2) is 26.1 Å². The van der Waals surface area contributed by atoms with Gasteiger partial charge in [0.2, 0.25) is 4.77 Å². The third-order valence-corrected chi connectivity index (χ3v) is 3.61. The summed E-state index contributed by atoms with van der Waals surface area (Å²) in [5.41, 5.74) is 3.65. The van der Waals surface area contributed by atoms with Crippen LogP contribution in [0.4, 0.5) is 5.95 Å². The van der Waals surface area contributed by atoms with Crippen molar-refractivity contribution in [2.45, 2.75) is 0 Å². The molecule has 3 aromatic rings. The van der Waals surface area contributed by atoms with Crippen LogP contribution < -0.4 is 11.3 Å². The molecular formula is C10H9N7S2. The molecule has 2 aromatic heterocycles. The fourth-order valence-electron chi connectivity index (χ4n) is 1.47. The number of nitrogen functional groups attached to an aromatic ring is 1. The smallest absolute Gasteiger partial charge is 0.262 e. The van der Waals surface area contributed by atoms with Crippen molar-refractivity contribution in [2.75, 3.05) is 11.3 Å². The summed E-state index contributed by atoms with van der Waals surface area (Å²) < 4.78 is 2.63. The SMILES string of the molecule is Nn1c(N/N=C/c2nc3ccccc3s2)n[nH]c1=S. The second kappa shape index (κ2) is 4.78. The summed E-state index contributed by atoms with van der Waals surface area (Å²) in [7, 11) is 0. The number of aromatic amines is 1. The maximum atomic E-state index is 5.61. The molecular weight excluding hydrogens is 282 g/mol. The Hall–Kier alpha value is -2.26. The molecule has 0 amide bonds. The van der Waals surface area contributed by atoms with Crippen LogP contribution in [0.25, 0.3) is 10.2 Å². The van der Waals surface area contributed by atoms with Gasteiger partial charge in [0.1, 0.15) is 5.01 Å². The Kier molecular flexibility index (Phi) is 2.97. The fourth-order valence-corrected chi connectivity index (χ4v) is 2.45. The van der Waals surface area contributed by atoms with E-state index in [4.69, 9.17) is 18.1 Å². The second-order valence-corrected chi connectivity index (χ2v) is 5.06. The molecule has 9 heteroatoms. The van der Waals surface area contributed by atoms with Gasteiger partial charge < -0.3 is 5.84 Å². The summed E-state index contributed by atoms with van der Waals surface area (Å²) in [5, 5.41) is 11.2. The largest absolute Gasteiger partial charge is 0.334 e. The number of benzene rings is 1. The molecule has 0 unspecified atom stereocenters. The van der Waals surface area contributed by atoms with Crippen molar-refractivity contribution in [3.8, 4) is 0 Å². The Morgan fingerprint density at radius 2 is 2.32 bits per heavy atom. The number of nitrogens with one attached hydrogen (secondary N) is 2. The Morgan fingerprint density at radius 3 is 3.05 bits per heavy atom. The van der Waals surface area contributed by atoms with Gasteiger partial charge >= 0.3 is 0 Å². The van der Waals surface area contributed by atoms with E-state index in [0.717, 1.165) is 15.2 Å². The first-order valence-electron chi connectivity index (χ1n) is 5.31. The normalized spacial score (nSPS) is 11.4. The number of aromatic nitrogens is 4. The number of para-hydroxylation sites is 1. The van der Waals surface area contributed by atoms with Gasteiger partial charge in [0, 0.05) is 0 Å². The minimum Gasteiger partial charge on any atom is -0.334 e. The number of nitrogens with two attached hydrogens (primary N) is 1. The zero-order valence-electron chi connectivity index (χ0n) is 9.57. The highest BCUT2D eigenvalue weighted by Crippen LogP contribution is 2.20. The molecule has 0 radical (unpaired) electrons. The molecule has 96 valence electrons. The zero-order chi connectivity index (χ0) is 13.2. The van der Waals surface area contributed by atoms with Gasteiger partial charge in [-0.05, 0) is 24.4 Å². The Morgan fingerprint density at radius 1 is 1.47 bits per heavy atom. The monoisotopic (exact) mass is 291 g/mol. The van der Waals surface area contributed by atoms with E-state index in [-0.39, 0.29) is 0 Å². The van der Waals surface area contributed by atoms with Gasteiger partial charge in [-0.1, -0.05) is 12.1 Å². The number of nitrogens with zero attached hydrogens (tertiary/aromatic N) is 4. The molecule has 0 atom stereocenters. The number of hydrogen-bond donors (Lipinski definition) is 3. The fraction of sp³-hybridized carbons (Fsp3) is 0. The Balaban J connectivity index is 1.79. The average Bonchev–Trinajstić information content (AvgIpc) is 2.96. The van der Waals surface area contributed by atoms with E-state index in [1.54, 1.807) is 17.6 Å².